The predicted molar refractivity (Wildman–Crippen MR) is 191 cm³/mol. The summed E-state index contributed by atoms with van der Waals surface area (Å²) in [5.74, 6) is 4.03. The zero-order valence-corrected chi connectivity index (χ0v) is 29.7. The van der Waals surface area contributed by atoms with Crippen molar-refractivity contribution in [2.45, 2.75) is 10.5 Å². The maximum Gasteiger partial charge on any atom is 0.171 e. The lowest BCUT2D eigenvalue weighted by molar-refractivity contribution is 0.374. The summed E-state index contributed by atoms with van der Waals surface area (Å²) >= 11 is 0. The molecule has 0 aliphatic carbocycles. The van der Waals surface area contributed by atoms with Crippen molar-refractivity contribution in [3.63, 3.8) is 0 Å². The summed E-state index contributed by atoms with van der Waals surface area (Å²) < 4.78 is 74.2. The van der Waals surface area contributed by atoms with Gasteiger partial charge in [-0.15, -0.1) is 0 Å². The first kappa shape index (κ1) is 36.5. The molecule has 0 amide bonds. The van der Waals surface area contributed by atoms with E-state index in [1.807, 2.05) is 0 Å². The first-order chi connectivity index (χ1) is 23.7. The molecule has 0 heterocycles. The van der Waals surface area contributed by atoms with E-state index in [0.717, 1.165) is 0 Å². The highest BCUT2D eigenvalue weighted by atomic mass is 32.2. The van der Waals surface area contributed by atoms with Crippen molar-refractivity contribution in [2.75, 3.05) is 56.9 Å². The van der Waals surface area contributed by atoms with Crippen molar-refractivity contribution in [3.8, 4) is 46.0 Å². The van der Waals surface area contributed by atoms with Crippen molar-refractivity contribution in [2.24, 2.45) is 0 Å². The van der Waals surface area contributed by atoms with Gasteiger partial charge in [-0.3, -0.25) is 0 Å². The Kier molecular flexibility index (Phi) is 12.5. The first-order valence-corrected chi connectivity index (χ1v) is 16.8. The van der Waals surface area contributed by atoms with Crippen molar-refractivity contribution in [1.82, 2.24) is 0 Å². The van der Waals surface area contributed by atoms with Crippen LogP contribution in [0.4, 0.5) is 0 Å². The van der Waals surface area contributed by atoms with E-state index in [2.05, 4.69) is 0 Å². The molecule has 4 aromatic carbocycles. The highest BCUT2D eigenvalue weighted by Gasteiger charge is 2.34. The largest absolute Gasteiger partial charge is 0.497 e. The van der Waals surface area contributed by atoms with E-state index in [4.69, 9.17) is 37.9 Å². The molecule has 0 bridgehead atoms. The van der Waals surface area contributed by atoms with Gasteiger partial charge in [0.1, 0.15) is 56.5 Å². The van der Waals surface area contributed by atoms with Crippen LogP contribution in [-0.2, 0) is 9.84 Å². The number of rotatable bonds is 16. The second-order valence-corrected chi connectivity index (χ2v) is 12.8. The highest BCUT2D eigenvalue weighted by molar-refractivity contribution is 7.92. The molecule has 0 aliphatic heterocycles. The lowest BCUT2D eigenvalue weighted by Gasteiger charge is -2.22. The minimum absolute atomic E-state index is 0.448. The Bertz CT molecular complexity index is 1680. The Morgan fingerprint density at radius 1 is 0.429 bits per heavy atom. The van der Waals surface area contributed by atoms with E-state index in [1.165, 1.54) is 28.4 Å². The van der Waals surface area contributed by atoms with Gasteiger partial charge in [-0.2, -0.15) is 0 Å². The van der Waals surface area contributed by atoms with Crippen molar-refractivity contribution >= 4 is 22.0 Å². The third-order valence-corrected chi connectivity index (χ3v) is 10.3. The third-order valence-electron chi connectivity index (χ3n) is 7.98. The molecule has 0 radical (unpaired) electrons. The molecule has 49 heavy (non-hydrogen) atoms. The second-order valence-electron chi connectivity index (χ2n) is 10.6. The van der Waals surface area contributed by atoms with Crippen LogP contribution in [0.1, 0.15) is 32.8 Å². The SMILES string of the molecule is COc1ccc(C(/C=C/c2c(OC)cc(OC)cc2OC)S(=O)(=O)C(/C=C/c2c(OC)cc(OC)cc2OC)c2ccc(OC)cc2)cc1. The summed E-state index contributed by atoms with van der Waals surface area (Å²) in [4.78, 5) is 0. The van der Waals surface area contributed by atoms with Gasteiger partial charge < -0.3 is 37.9 Å². The molecule has 10 nitrogen and oxygen atoms in total. The molecular formula is C38H42O10S. The molecule has 0 fully saturated rings. The predicted octanol–water partition coefficient (Wildman–Crippen LogP) is 7.38. The maximum atomic E-state index is 15.1. The fourth-order valence-corrected chi connectivity index (χ4v) is 7.31. The molecule has 0 saturated heterocycles. The fraction of sp³-hybridized carbons (Fsp3) is 0.263. The Balaban J connectivity index is 1.95. The van der Waals surface area contributed by atoms with E-state index in [1.54, 1.807) is 126 Å². The first-order valence-electron chi connectivity index (χ1n) is 15.1. The average Bonchev–Trinajstić information content (AvgIpc) is 3.14. The van der Waals surface area contributed by atoms with E-state index in [-0.39, 0.29) is 0 Å². The minimum atomic E-state index is -4.12. The van der Waals surface area contributed by atoms with Crippen LogP contribution in [0.5, 0.6) is 46.0 Å². The van der Waals surface area contributed by atoms with Crippen LogP contribution >= 0.6 is 0 Å². The van der Waals surface area contributed by atoms with Gasteiger partial charge in [-0.05, 0) is 47.5 Å². The van der Waals surface area contributed by atoms with Gasteiger partial charge in [0.15, 0.2) is 9.84 Å². The van der Waals surface area contributed by atoms with Crippen LogP contribution in [0.25, 0.3) is 12.2 Å². The molecule has 4 rings (SSSR count). The van der Waals surface area contributed by atoms with E-state index in [9.17, 15) is 0 Å². The lowest BCUT2D eigenvalue weighted by atomic mass is 10.1. The molecule has 2 atom stereocenters. The molecule has 0 spiro atoms. The molecular weight excluding hydrogens is 648 g/mol. The number of hydrogen-bond acceptors (Lipinski definition) is 10. The topological polar surface area (TPSA) is 108 Å². The van der Waals surface area contributed by atoms with Crippen LogP contribution in [0.2, 0.25) is 0 Å². The molecule has 0 aromatic heterocycles. The Morgan fingerprint density at radius 2 is 0.714 bits per heavy atom. The summed E-state index contributed by atoms with van der Waals surface area (Å²) in [5, 5.41) is -2.27. The zero-order chi connectivity index (χ0) is 35.6. The van der Waals surface area contributed by atoms with Crippen LogP contribution in [0.3, 0.4) is 0 Å². The average molecular weight is 691 g/mol. The fourth-order valence-electron chi connectivity index (χ4n) is 5.33. The summed E-state index contributed by atoms with van der Waals surface area (Å²) in [5.41, 5.74) is 2.14. The van der Waals surface area contributed by atoms with Gasteiger partial charge in [0, 0.05) is 24.3 Å². The van der Waals surface area contributed by atoms with Gasteiger partial charge in [0.25, 0.3) is 0 Å². The summed E-state index contributed by atoms with van der Waals surface area (Å²) in [6.45, 7) is 0. The van der Waals surface area contributed by atoms with Gasteiger partial charge >= 0.3 is 0 Å². The molecule has 4 aromatic rings. The monoisotopic (exact) mass is 690 g/mol. The Morgan fingerprint density at radius 3 is 0.959 bits per heavy atom. The molecule has 11 heteroatoms. The summed E-state index contributed by atoms with van der Waals surface area (Å²) in [6.07, 6.45) is 6.63. The quantitative estimate of drug-likeness (QED) is 0.118. The summed E-state index contributed by atoms with van der Waals surface area (Å²) in [6, 6.07) is 20.7. The molecule has 260 valence electrons. The summed E-state index contributed by atoms with van der Waals surface area (Å²) in [7, 11) is 8.16. The van der Waals surface area contributed by atoms with E-state index < -0.39 is 20.3 Å². The standard InChI is InChI=1S/C38H42O10S/c1-41-27-13-9-25(10-14-27)37(19-17-31-33(45-5)21-29(43-3)22-34(31)46-6)49(39,40)38(26-11-15-28(42-2)16-12-26)20-18-32-35(47-7)23-30(44-4)24-36(32)48-8/h9-24,37-38H,1-8H3/b19-17+,20-18+. The number of hydrogen-bond donors (Lipinski definition) is 0. The Labute approximate surface area is 288 Å². The van der Waals surface area contributed by atoms with Crippen molar-refractivity contribution in [1.29, 1.82) is 0 Å². The maximum absolute atomic E-state index is 15.1. The van der Waals surface area contributed by atoms with Crippen LogP contribution in [0, 0.1) is 0 Å². The van der Waals surface area contributed by atoms with Crippen molar-refractivity contribution < 1.29 is 46.3 Å². The van der Waals surface area contributed by atoms with E-state index in [0.29, 0.717) is 68.2 Å². The smallest absolute Gasteiger partial charge is 0.171 e. The second kappa shape index (κ2) is 16.7. The lowest BCUT2D eigenvalue weighted by Crippen LogP contribution is -2.19. The van der Waals surface area contributed by atoms with Crippen LogP contribution < -0.4 is 37.9 Å². The minimum Gasteiger partial charge on any atom is -0.497 e. The van der Waals surface area contributed by atoms with E-state index >= 15 is 8.42 Å². The van der Waals surface area contributed by atoms with Gasteiger partial charge in [-0.1, -0.05) is 36.4 Å². The van der Waals surface area contributed by atoms with Crippen molar-refractivity contribution in [3.05, 3.63) is 107 Å². The number of benzene rings is 4. The molecule has 0 aliphatic rings. The van der Waals surface area contributed by atoms with Crippen LogP contribution in [-0.4, -0.2) is 65.3 Å². The van der Waals surface area contributed by atoms with Crippen LogP contribution in [0.15, 0.2) is 84.9 Å². The van der Waals surface area contributed by atoms with Gasteiger partial charge in [0.2, 0.25) is 0 Å². The highest BCUT2D eigenvalue weighted by Crippen LogP contribution is 2.42. The normalized spacial score (nSPS) is 12.7. The number of ether oxygens (including phenoxy) is 8. The molecule has 0 N–H and O–H groups in total. The molecule has 0 saturated carbocycles. The number of methoxy groups -OCH3 is 8. The van der Waals surface area contributed by atoms with Gasteiger partial charge in [-0.25, -0.2) is 8.42 Å². The zero-order valence-electron chi connectivity index (χ0n) is 28.9. The number of sulfone groups is 1. The van der Waals surface area contributed by atoms with Gasteiger partial charge in [0.05, 0.1) is 68.0 Å². The molecule has 2 unspecified atom stereocenters. The Hall–Kier alpha value is -5.29. The third kappa shape index (κ3) is 8.24.